The van der Waals surface area contributed by atoms with Crippen molar-refractivity contribution in [3.05, 3.63) is 28.5 Å². The van der Waals surface area contributed by atoms with Crippen LogP contribution < -0.4 is 10.5 Å². The number of nitrogens with two attached hydrogens (primary N) is 1. The summed E-state index contributed by atoms with van der Waals surface area (Å²) < 4.78 is 19.9. The Balaban J connectivity index is 2.09. The fourth-order valence-electron chi connectivity index (χ4n) is 1.71. The van der Waals surface area contributed by atoms with Crippen LogP contribution >= 0.6 is 15.9 Å². The lowest BCUT2D eigenvalue weighted by Gasteiger charge is -2.12. The van der Waals surface area contributed by atoms with E-state index in [1.807, 2.05) is 0 Å². The largest absolute Gasteiger partial charge is 0.489 e. The van der Waals surface area contributed by atoms with Crippen LogP contribution in [0.4, 0.5) is 10.2 Å². The van der Waals surface area contributed by atoms with E-state index in [4.69, 9.17) is 10.5 Å². The first kappa shape index (κ1) is 11.5. The zero-order chi connectivity index (χ0) is 12.7. The Kier molecular flexibility index (Phi) is 2.74. The molecule has 3 N–H and O–H groups in total. The van der Waals surface area contributed by atoms with Gasteiger partial charge < -0.3 is 10.5 Å². The van der Waals surface area contributed by atoms with Crippen molar-refractivity contribution in [2.45, 2.75) is 18.9 Å². The van der Waals surface area contributed by atoms with Crippen LogP contribution in [0.15, 0.2) is 22.7 Å². The van der Waals surface area contributed by atoms with E-state index in [-0.39, 0.29) is 11.9 Å². The zero-order valence-corrected chi connectivity index (χ0v) is 11.0. The lowest BCUT2D eigenvalue weighted by Crippen LogP contribution is -1.99. The van der Waals surface area contributed by atoms with Crippen molar-refractivity contribution < 1.29 is 9.13 Å². The molecule has 1 fully saturated rings. The molecule has 0 amide bonds. The summed E-state index contributed by atoms with van der Waals surface area (Å²) in [6, 6.07) is 4.46. The molecule has 0 spiro atoms. The molecular formula is C12H11BrFN3O. The highest BCUT2D eigenvalue weighted by Crippen LogP contribution is 2.40. The van der Waals surface area contributed by atoms with Crippen LogP contribution in [0.5, 0.6) is 5.75 Å². The van der Waals surface area contributed by atoms with Crippen LogP contribution in [-0.4, -0.2) is 16.3 Å². The van der Waals surface area contributed by atoms with Gasteiger partial charge in [0.1, 0.15) is 17.4 Å². The third kappa shape index (κ3) is 2.20. The van der Waals surface area contributed by atoms with Crippen LogP contribution in [0.2, 0.25) is 0 Å². The maximum Gasteiger partial charge on any atom is 0.145 e. The monoisotopic (exact) mass is 311 g/mol. The van der Waals surface area contributed by atoms with Gasteiger partial charge in [0, 0.05) is 11.6 Å². The summed E-state index contributed by atoms with van der Waals surface area (Å²) in [4.78, 5) is 0. The molecule has 1 aromatic heterocycles. The number of ether oxygens (including phenoxy) is 1. The first-order valence-corrected chi connectivity index (χ1v) is 6.40. The molecule has 2 aromatic rings. The zero-order valence-electron chi connectivity index (χ0n) is 9.41. The summed E-state index contributed by atoms with van der Waals surface area (Å²) in [5.41, 5.74) is 6.83. The number of benzene rings is 1. The van der Waals surface area contributed by atoms with E-state index >= 15 is 0 Å². The number of halogens is 2. The van der Waals surface area contributed by atoms with Crippen LogP contribution in [0.3, 0.4) is 0 Å². The Morgan fingerprint density at radius 1 is 1.39 bits per heavy atom. The molecule has 0 saturated heterocycles. The summed E-state index contributed by atoms with van der Waals surface area (Å²) in [5, 5.41) is 6.62. The van der Waals surface area contributed by atoms with Gasteiger partial charge in [-0.2, -0.15) is 5.10 Å². The maximum atomic E-state index is 13.5. The van der Waals surface area contributed by atoms with Crippen molar-refractivity contribution >= 4 is 21.7 Å². The SMILES string of the molecule is Nc1cc(-c2cc(F)cc(Br)c2OC2CC2)[nH]n1. The topological polar surface area (TPSA) is 63.9 Å². The lowest BCUT2D eigenvalue weighted by atomic mass is 10.1. The third-order valence-electron chi connectivity index (χ3n) is 2.71. The van der Waals surface area contributed by atoms with Gasteiger partial charge in [0.2, 0.25) is 0 Å². The molecule has 0 atom stereocenters. The van der Waals surface area contributed by atoms with Crippen molar-refractivity contribution in [1.29, 1.82) is 0 Å². The number of rotatable bonds is 3. The number of hydrogen-bond acceptors (Lipinski definition) is 3. The fraction of sp³-hybridized carbons (Fsp3) is 0.250. The van der Waals surface area contributed by atoms with Crippen molar-refractivity contribution in [3.8, 4) is 17.0 Å². The minimum atomic E-state index is -0.340. The average Bonchev–Trinajstić information content (AvgIpc) is 3.03. The molecule has 1 aromatic carbocycles. The average molecular weight is 312 g/mol. The molecule has 0 unspecified atom stereocenters. The van der Waals surface area contributed by atoms with Gasteiger partial charge in [-0.1, -0.05) is 0 Å². The van der Waals surface area contributed by atoms with E-state index in [2.05, 4.69) is 26.1 Å². The molecule has 6 heteroatoms. The van der Waals surface area contributed by atoms with E-state index in [1.54, 1.807) is 6.07 Å². The number of aromatic nitrogens is 2. The molecule has 0 radical (unpaired) electrons. The minimum Gasteiger partial charge on any atom is -0.489 e. The number of hydrogen-bond donors (Lipinski definition) is 2. The van der Waals surface area contributed by atoms with Gasteiger partial charge in [-0.3, -0.25) is 5.10 Å². The maximum absolute atomic E-state index is 13.5. The van der Waals surface area contributed by atoms with E-state index in [9.17, 15) is 4.39 Å². The Morgan fingerprint density at radius 2 is 2.17 bits per heavy atom. The Hall–Kier alpha value is -1.56. The summed E-state index contributed by atoms with van der Waals surface area (Å²) in [7, 11) is 0. The van der Waals surface area contributed by atoms with Gasteiger partial charge in [0.05, 0.1) is 16.3 Å². The Bertz CT molecular complexity index is 595. The second kappa shape index (κ2) is 4.28. The van der Waals surface area contributed by atoms with Gasteiger partial charge in [0.15, 0.2) is 0 Å². The molecule has 4 nitrogen and oxygen atoms in total. The van der Waals surface area contributed by atoms with Crippen molar-refractivity contribution in [2.75, 3.05) is 5.73 Å². The second-order valence-corrected chi connectivity index (χ2v) is 5.14. The molecule has 0 bridgehead atoms. The first-order valence-electron chi connectivity index (χ1n) is 5.60. The van der Waals surface area contributed by atoms with Gasteiger partial charge in [-0.05, 0) is 40.9 Å². The predicted molar refractivity (Wildman–Crippen MR) is 69.7 cm³/mol. The van der Waals surface area contributed by atoms with Crippen LogP contribution in [0, 0.1) is 5.82 Å². The summed E-state index contributed by atoms with van der Waals surface area (Å²) in [6.07, 6.45) is 2.30. The summed E-state index contributed by atoms with van der Waals surface area (Å²) >= 11 is 3.33. The smallest absolute Gasteiger partial charge is 0.145 e. The predicted octanol–water partition coefficient (Wildman–Crippen LogP) is 3.10. The molecule has 0 aliphatic heterocycles. The van der Waals surface area contributed by atoms with Gasteiger partial charge in [-0.15, -0.1) is 0 Å². The summed E-state index contributed by atoms with van der Waals surface area (Å²) in [5.74, 6) is 0.651. The summed E-state index contributed by atoms with van der Waals surface area (Å²) in [6.45, 7) is 0. The van der Waals surface area contributed by atoms with Crippen LogP contribution in [0.1, 0.15) is 12.8 Å². The highest BCUT2D eigenvalue weighted by atomic mass is 79.9. The molecule has 18 heavy (non-hydrogen) atoms. The normalized spacial score (nSPS) is 14.8. The van der Waals surface area contributed by atoms with Crippen LogP contribution in [0.25, 0.3) is 11.3 Å². The number of nitrogens with zero attached hydrogens (tertiary/aromatic N) is 1. The number of anilines is 1. The van der Waals surface area contributed by atoms with Gasteiger partial charge >= 0.3 is 0 Å². The van der Waals surface area contributed by atoms with Gasteiger partial charge in [-0.25, -0.2) is 4.39 Å². The second-order valence-electron chi connectivity index (χ2n) is 4.29. The number of H-pyrrole nitrogens is 1. The quantitative estimate of drug-likeness (QED) is 0.915. The van der Waals surface area contributed by atoms with Gasteiger partial charge in [0.25, 0.3) is 0 Å². The van der Waals surface area contributed by atoms with E-state index in [0.29, 0.717) is 27.3 Å². The molecule has 1 heterocycles. The molecule has 94 valence electrons. The molecule has 1 aliphatic rings. The van der Waals surface area contributed by atoms with Crippen molar-refractivity contribution in [2.24, 2.45) is 0 Å². The Morgan fingerprint density at radius 3 is 2.78 bits per heavy atom. The minimum absolute atomic E-state index is 0.228. The van der Waals surface area contributed by atoms with Crippen molar-refractivity contribution in [1.82, 2.24) is 10.2 Å². The van der Waals surface area contributed by atoms with Crippen LogP contribution in [-0.2, 0) is 0 Å². The number of aromatic amines is 1. The lowest BCUT2D eigenvalue weighted by molar-refractivity contribution is 0.302. The molecule has 1 saturated carbocycles. The molecule has 1 aliphatic carbocycles. The fourth-order valence-corrected chi connectivity index (χ4v) is 2.23. The number of nitrogens with one attached hydrogen (secondary N) is 1. The Labute approximate surface area is 111 Å². The highest BCUT2D eigenvalue weighted by Gasteiger charge is 2.26. The third-order valence-corrected chi connectivity index (χ3v) is 3.29. The van der Waals surface area contributed by atoms with Crippen molar-refractivity contribution in [3.63, 3.8) is 0 Å². The van der Waals surface area contributed by atoms with E-state index in [0.717, 1.165) is 12.8 Å². The highest BCUT2D eigenvalue weighted by molar-refractivity contribution is 9.10. The van der Waals surface area contributed by atoms with E-state index in [1.165, 1.54) is 12.1 Å². The molecule has 3 rings (SSSR count). The van der Waals surface area contributed by atoms with E-state index < -0.39 is 0 Å². The standard InChI is InChI=1S/C12H11BrFN3O/c13-9-4-6(14)3-8(10-5-11(15)17-16-10)12(9)18-7-1-2-7/h3-5,7H,1-2H2,(H3,15,16,17). The first-order chi connectivity index (χ1) is 8.63. The molecular weight excluding hydrogens is 301 g/mol. The number of nitrogen functional groups attached to an aromatic ring is 1.